The van der Waals surface area contributed by atoms with E-state index in [0.29, 0.717) is 0 Å². The molecule has 1 amide bonds. The molecule has 84 valence electrons. The molecule has 0 saturated heterocycles. The topological polar surface area (TPSA) is 118 Å². The number of sulfone groups is 1. The Kier molecular flexibility index (Phi) is 3.30. The van der Waals surface area contributed by atoms with Gasteiger partial charge >= 0.3 is 0 Å². The molecule has 1 heterocycles. The molecule has 0 atom stereocenters. The zero-order valence-corrected chi connectivity index (χ0v) is 8.97. The summed E-state index contributed by atoms with van der Waals surface area (Å²) < 4.78 is 21.5. The molecule has 0 radical (unpaired) electrons. The largest absolute Gasteiger partial charge is 0.382 e. The minimum Gasteiger partial charge on any atom is -0.382 e. The van der Waals surface area contributed by atoms with E-state index in [2.05, 4.69) is 15.5 Å². The van der Waals surface area contributed by atoms with Crippen LogP contribution in [0.3, 0.4) is 0 Å². The Bertz CT molecular complexity index is 451. The van der Waals surface area contributed by atoms with Crippen LogP contribution in [-0.2, 0) is 9.84 Å². The molecule has 7 nitrogen and oxygen atoms in total. The molecule has 0 bridgehead atoms. The molecular formula is C7H12N4O3S. The number of carbonyl (C=O) groups excluding carboxylic acids is 1. The minimum atomic E-state index is -3.06. The fourth-order valence-corrected chi connectivity index (χ4v) is 1.37. The molecule has 8 heteroatoms. The lowest BCUT2D eigenvalue weighted by atomic mass is 10.4. The van der Waals surface area contributed by atoms with Gasteiger partial charge in [0.05, 0.1) is 5.75 Å². The van der Waals surface area contributed by atoms with Gasteiger partial charge in [0.1, 0.15) is 21.3 Å². The molecule has 15 heavy (non-hydrogen) atoms. The number of nitrogens with zero attached hydrogens (tertiary/aromatic N) is 1. The second-order valence-electron chi connectivity index (χ2n) is 3.09. The number of amides is 1. The van der Waals surface area contributed by atoms with E-state index in [9.17, 15) is 13.2 Å². The quantitative estimate of drug-likeness (QED) is 0.600. The van der Waals surface area contributed by atoms with Crippen molar-refractivity contribution in [3.05, 3.63) is 11.8 Å². The Hall–Kier alpha value is -1.57. The molecule has 0 spiro atoms. The van der Waals surface area contributed by atoms with Crippen molar-refractivity contribution >= 4 is 21.6 Å². The van der Waals surface area contributed by atoms with E-state index in [1.54, 1.807) is 0 Å². The minimum absolute atomic E-state index is 0.0661. The van der Waals surface area contributed by atoms with Crippen LogP contribution in [0, 0.1) is 0 Å². The van der Waals surface area contributed by atoms with Gasteiger partial charge in [-0.3, -0.25) is 9.89 Å². The average Bonchev–Trinajstić information content (AvgIpc) is 2.49. The van der Waals surface area contributed by atoms with Gasteiger partial charge in [0, 0.05) is 18.9 Å². The van der Waals surface area contributed by atoms with Crippen LogP contribution in [0.2, 0.25) is 0 Å². The highest BCUT2D eigenvalue weighted by Gasteiger charge is 2.09. The Labute approximate surface area is 87.0 Å². The van der Waals surface area contributed by atoms with Gasteiger partial charge in [-0.15, -0.1) is 0 Å². The van der Waals surface area contributed by atoms with Gasteiger partial charge in [0.25, 0.3) is 5.91 Å². The lowest BCUT2D eigenvalue weighted by molar-refractivity contribution is 0.0951. The number of anilines is 1. The van der Waals surface area contributed by atoms with Crippen LogP contribution in [0.5, 0.6) is 0 Å². The van der Waals surface area contributed by atoms with E-state index >= 15 is 0 Å². The molecule has 0 saturated carbocycles. The molecule has 1 aromatic heterocycles. The number of nitrogens with one attached hydrogen (secondary N) is 2. The Morgan fingerprint density at radius 2 is 2.33 bits per heavy atom. The van der Waals surface area contributed by atoms with Crippen LogP contribution >= 0.6 is 0 Å². The van der Waals surface area contributed by atoms with Crippen LogP contribution in [0.1, 0.15) is 10.5 Å². The SMILES string of the molecule is CS(=O)(=O)CCNC(=O)c1cc(N)n[nH]1. The van der Waals surface area contributed by atoms with Gasteiger partial charge < -0.3 is 11.1 Å². The van der Waals surface area contributed by atoms with Crippen LogP contribution in [0.25, 0.3) is 0 Å². The summed E-state index contributed by atoms with van der Waals surface area (Å²) in [6.45, 7) is 0.0661. The van der Waals surface area contributed by atoms with Gasteiger partial charge in [-0.05, 0) is 0 Å². The maximum absolute atomic E-state index is 11.3. The fraction of sp³-hybridized carbons (Fsp3) is 0.429. The molecule has 0 aliphatic rings. The number of hydrogen-bond acceptors (Lipinski definition) is 5. The second kappa shape index (κ2) is 4.30. The van der Waals surface area contributed by atoms with E-state index in [1.165, 1.54) is 6.07 Å². The summed E-state index contributed by atoms with van der Waals surface area (Å²) in [7, 11) is -3.06. The van der Waals surface area contributed by atoms with E-state index in [1.807, 2.05) is 0 Å². The van der Waals surface area contributed by atoms with E-state index < -0.39 is 15.7 Å². The first-order chi connectivity index (χ1) is 6.88. The van der Waals surface area contributed by atoms with Crippen LogP contribution in [0.15, 0.2) is 6.07 Å². The number of H-pyrrole nitrogens is 1. The second-order valence-corrected chi connectivity index (χ2v) is 5.35. The Morgan fingerprint density at radius 1 is 1.67 bits per heavy atom. The van der Waals surface area contributed by atoms with Gasteiger partial charge in [-0.1, -0.05) is 0 Å². The number of aromatic amines is 1. The zero-order valence-electron chi connectivity index (χ0n) is 8.15. The lowest BCUT2D eigenvalue weighted by Gasteiger charge is -2.01. The summed E-state index contributed by atoms with van der Waals surface area (Å²) in [6.07, 6.45) is 1.10. The molecule has 0 aromatic carbocycles. The van der Waals surface area contributed by atoms with Crippen LogP contribution < -0.4 is 11.1 Å². The van der Waals surface area contributed by atoms with Gasteiger partial charge in [-0.2, -0.15) is 5.10 Å². The van der Waals surface area contributed by atoms with Crippen molar-refractivity contribution in [3.8, 4) is 0 Å². The molecule has 0 unspecified atom stereocenters. The summed E-state index contributed by atoms with van der Waals surface area (Å²) in [5.74, 6) is -0.311. The number of nitrogens with two attached hydrogens (primary N) is 1. The summed E-state index contributed by atoms with van der Waals surface area (Å²) in [6, 6.07) is 1.37. The number of nitrogen functional groups attached to an aromatic ring is 1. The summed E-state index contributed by atoms with van der Waals surface area (Å²) in [5, 5.41) is 8.41. The predicted molar refractivity (Wildman–Crippen MR) is 55.0 cm³/mol. The van der Waals surface area contributed by atoms with Crippen molar-refractivity contribution in [1.29, 1.82) is 0 Å². The van der Waals surface area contributed by atoms with Gasteiger partial charge in [-0.25, -0.2) is 8.42 Å². The first kappa shape index (κ1) is 11.5. The van der Waals surface area contributed by atoms with Crippen molar-refractivity contribution in [2.75, 3.05) is 24.3 Å². The standard InChI is InChI=1S/C7H12N4O3S/c1-15(13,14)3-2-9-7(12)5-4-6(8)11-10-5/h4H,2-3H2,1H3,(H,9,12)(H3,8,10,11). The molecule has 1 aromatic rings. The third-order valence-electron chi connectivity index (χ3n) is 1.60. The third-order valence-corrected chi connectivity index (χ3v) is 2.55. The lowest BCUT2D eigenvalue weighted by Crippen LogP contribution is -2.29. The monoisotopic (exact) mass is 232 g/mol. The molecule has 4 N–H and O–H groups in total. The number of carbonyl (C=O) groups is 1. The number of aromatic nitrogens is 2. The average molecular weight is 232 g/mol. The third kappa shape index (κ3) is 3.98. The van der Waals surface area contributed by atoms with Crippen LogP contribution in [-0.4, -0.2) is 43.1 Å². The molecule has 1 rings (SSSR count). The number of rotatable bonds is 4. The maximum Gasteiger partial charge on any atom is 0.269 e. The van der Waals surface area contributed by atoms with Crippen molar-refractivity contribution in [1.82, 2.24) is 15.5 Å². The van der Waals surface area contributed by atoms with Crippen molar-refractivity contribution in [3.63, 3.8) is 0 Å². The normalized spacial score (nSPS) is 11.3. The Balaban J connectivity index is 2.44. The maximum atomic E-state index is 11.3. The van der Waals surface area contributed by atoms with Crippen LogP contribution in [0.4, 0.5) is 5.82 Å². The molecule has 0 aliphatic heterocycles. The van der Waals surface area contributed by atoms with Crippen molar-refractivity contribution < 1.29 is 13.2 Å². The summed E-state index contributed by atoms with van der Waals surface area (Å²) >= 11 is 0. The Morgan fingerprint density at radius 3 is 2.80 bits per heavy atom. The number of hydrogen-bond donors (Lipinski definition) is 3. The highest BCUT2D eigenvalue weighted by atomic mass is 32.2. The van der Waals surface area contributed by atoms with Crippen molar-refractivity contribution in [2.24, 2.45) is 0 Å². The zero-order chi connectivity index (χ0) is 11.5. The molecule has 0 aliphatic carbocycles. The summed E-state index contributed by atoms with van der Waals surface area (Å²) in [4.78, 5) is 11.3. The summed E-state index contributed by atoms with van der Waals surface area (Å²) in [5.41, 5.74) is 5.51. The molecule has 0 fully saturated rings. The highest BCUT2D eigenvalue weighted by Crippen LogP contribution is 1.99. The predicted octanol–water partition coefficient (Wildman–Crippen LogP) is -1.23. The fourth-order valence-electron chi connectivity index (χ4n) is 0.899. The smallest absolute Gasteiger partial charge is 0.269 e. The van der Waals surface area contributed by atoms with Gasteiger partial charge in [0.15, 0.2) is 0 Å². The van der Waals surface area contributed by atoms with E-state index in [4.69, 9.17) is 5.73 Å². The van der Waals surface area contributed by atoms with Crippen molar-refractivity contribution in [2.45, 2.75) is 0 Å². The first-order valence-electron chi connectivity index (χ1n) is 4.15. The van der Waals surface area contributed by atoms with E-state index in [-0.39, 0.29) is 23.8 Å². The first-order valence-corrected chi connectivity index (χ1v) is 6.21. The van der Waals surface area contributed by atoms with E-state index in [0.717, 1.165) is 6.26 Å². The highest BCUT2D eigenvalue weighted by molar-refractivity contribution is 7.90. The molecular weight excluding hydrogens is 220 g/mol. The van der Waals surface area contributed by atoms with Gasteiger partial charge in [0.2, 0.25) is 0 Å².